The summed E-state index contributed by atoms with van der Waals surface area (Å²) in [6, 6.07) is 5.38. The molecule has 1 aromatic heterocycles. The molecule has 1 aromatic carbocycles. The number of hydrogen-bond donors (Lipinski definition) is 2. The minimum Gasteiger partial charge on any atom is -0.481 e. The van der Waals surface area contributed by atoms with E-state index in [4.69, 9.17) is 5.11 Å². The molecule has 8 heteroatoms. The van der Waals surface area contributed by atoms with Crippen LogP contribution >= 0.6 is 0 Å². The van der Waals surface area contributed by atoms with E-state index in [2.05, 4.69) is 17.4 Å². The maximum Gasteiger partial charge on any atom is 0.329 e. The number of aliphatic carboxylic acids is 1. The molecule has 1 saturated carbocycles. The third-order valence-electron chi connectivity index (χ3n) is 6.96. The Balaban J connectivity index is 1.51. The molecule has 1 saturated heterocycles. The Morgan fingerprint density at radius 3 is 2.52 bits per heavy atom. The SMILES string of the molecule is Cn1c(=O)n(C2CCC(=O)NC2=O)c2ccc([C@H]3CC[C@@H](CCCC(=O)O)CC3)cc21. The monoisotopic (exact) mass is 427 g/mol. The Kier molecular flexibility index (Phi) is 5.98. The number of imidazole rings is 1. The lowest BCUT2D eigenvalue weighted by atomic mass is 9.77. The highest BCUT2D eigenvalue weighted by molar-refractivity contribution is 6.00. The Bertz CT molecular complexity index is 1070. The molecule has 2 N–H and O–H groups in total. The van der Waals surface area contributed by atoms with E-state index in [1.807, 2.05) is 6.07 Å². The van der Waals surface area contributed by atoms with Crippen molar-refractivity contribution in [2.45, 2.75) is 69.7 Å². The number of benzene rings is 1. The van der Waals surface area contributed by atoms with Crippen molar-refractivity contribution in [3.63, 3.8) is 0 Å². The Morgan fingerprint density at radius 1 is 1.10 bits per heavy atom. The minimum atomic E-state index is -0.725. The lowest BCUT2D eigenvalue weighted by molar-refractivity contribution is -0.137. The molecule has 2 heterocycles. The van der Waals surface area contributed by atoms with E-state index in [0.29, 0.717) is 23.8 Å². The van der Waals surface area contributed by atoms with Gasteiger partial charge in [-0.15, -0.1) is 0 Å². The molecule has 0 radical (unpaired) electrons. The van der Waals surface area contributed by atoms with Crippen molar-refractivity contribution in [3.05, 3.63) is 34.2 Å². The Morgan fingerprint density at radius 2 is 1.84 bits per heavy atom. The maximum absolute atomic E-state index is 12.9. The van der Waals surface area contributed by atoms with E-state index in [0.717, 1.165) is 44.0 Å². The van der Waals surface area contributed by atoms with Gasteiger partial charge >= 0.3 is 11.7 Å². The average molecular weight is 428 g/mol. The molecule has 1 aliphatic carbocycles. The van der Waals surface area contributed by atoms with Crippen LogP contribution < -0.4 is 11.0 Å². The van der Waals surface area contributed by atoms with Gasteiger partial charge in [0.1, 0.15) is 6.04 Å². The van der Waals surface area contributed by atoms with Gasteiger partial charge in [0.2, 0.25) is 11.8 Å². The van der Waals surface area contributed by atoms with Gasteiger partial charge in [0.25, 0.3) is 0 Å². The fourth-order valence-electron chi connectivity index (χ4n) is 5.19. The van der Waals surface area contributed by atoms with E-state index < -0.39 is 17.9 Å². The standard InChI is InChI=1S/C23H29N3O5/c1-25-19-13-16(15-7-5-14(6-8-15)3-2-4-21(28)29)9-10-17(19)26(23(25)31)18-11-12-20(27)24-22(18)30/h9-10,13-15,18H,2-8,11-12H2,1H3,(H,28,29)(H,24,27,30)/t14-,15+,18?. The van der Waals surface area contributed by atoms with Crippen molar-refractivity contribution in [1.29, 1.82) is 0 Å². The molecule has 166 valence electrons. The lowest BCUT2D eigenvalue weighted by Crippen LogP contribution is -2.44. The number of nitrogens with one attached hydrogen (secondary N) is 1. The second kappa shape index (κ2) is 8.69. The smallest absolute Gasteiger partial charge is 0.329 e. The van der Waals surface area contributed by atoms with Crippen LogP contribution in [0.25, 0.3) is 11.0 Å². The number of amides is 2. The number of aryl methyl sites for hydroxylation is 1. The van der Waals surface area contributed by atoms with E-state index in [-0.39, 0.29) is 24.4 Å². The summed E-state index contributed by atoms with van der Waals surface area (Å²) in [6.07, 6.45) is 6.83. The molecule has 31 heavy (non-hydrogen) atoms. The number of nitrogens with zero attached hydrogens (tertiary/aromatic N) is 2. The van der Waals surface area contributed by atoms with Crippen molar-refractivity contribution in [1.82, 2.24) is 14.5 Å². The molecule has 2 aromatic rings. The van der Waals surface area contributed by atoms with Gasteiger partial charge in [0.05, 0.1) is 11.0 Å². The predicted molar refractivity (Wildman–Crippen MR) is 115 cm³/mol. The molecule has 8 nitrogen and oxygen atoms in total. The summed E-state index contributed by atoms with van der Waals surface area (Å²) in [7, 11) is 1.72. The van der Waals surface area contributed by atoms with Gasteiger partial charge in [-0.3, -0.25) is 28.8 Å². The van der Waals surface area contributed by atoms with Gasteiger partial charge in [-0.2, -0.15) is 0 Å². The van der Waals surface area contributed by atoms with Crippen LogP contribution in [0.1, 0.15) is 75.3 Å². The molecule has 1 unspecified atom stereocenters. The zero-order valence-electron chi connectivity index (χ0n) is 17.8. The molecule has 2 aliphatic rings. The van der Waals surface area contributed by atoms with Crippen molar-refractivity contribution in [2.75, 3.05) is 0 Å². The highest BCUT2D eigenvalue weighted by Crippen LogP contribution is 2.38. The van der Waals surface area contributed by atoms with Crippen LogP contribution in [0.3, 0.4) is 0 Å². The number of carboxylic acids is 1. The van der Waals surface area contributed by atoms with Gasteiger partial charge in [-0.1, -0.05) is 6.07 Å². The zero-order chi connectivity index (χ0) is 22.1. The third-order valence-corrected chi connectivity index (χ3v) is 6.96. The fourth-order valence-corrected chi connectivity index (χ4v) is 5.19. The second-order valence-corrected chi connectivity index (χ2v) is 8.93. The van der Waals surface area contributed by atoms with Crippen molar-refractivity contribution >= 4 is 28.8 Å². The zero-order valence-corrected chi connectivity index (χ0v) is 17.8. The Labute approximate surface area is 180 Å². The fraction of sp³-hybridized carbons (Fsp3) is 0.565. The summed E-state index contributed by atoms with van der Waals surface area (Å²) in [4.78, 5) is 47.4. The van der Waals surface area contributed by atoms with Crippen LogP contribution in [0.15, 0.2) is 23.0 Å². The lowest BCUT2D eigenvalue weighted by Gasteiger charge is -2.29. The highest BCUT2D eigenvalue weighted by Gasteiger charge is 2.31. The summed E-state index contributed by atoms with van der Waals surface area (Å²) in [5, 5.41) is 11.1. The number of imide groups is 1. The Hall–Kier alpha value is -2.90. The number of aromatic nitrogens is 2. The number of piperidine rings is 1. The van der Waals surface area contributed by atoms with Gasteiger partial charge in [-0.05, 0) is 74.5 Å². The largest absolute Gasteiger partial charge is 0.481 e. The van der Waals surface area contributed by atoms with Crippen LogP contribution in [-0.4, -0.2) is 32.0 Å². The summed E-state index contributed by atoms with van der Waals surface area (Å²) in [5.74, 6) is -0.421. The number of carboxylic acid groups (broad SMARTS) is 1. The summed E-state index contributed by atoms with van der Waals surface area (Å²) in [6.45, 7) is 0. The first-order valence-electron chi connectivity index (χ1n) is 11.1. The molecular formula is C23H29N3O5. The average Bonchev–Trinajstić information content (AvgIpc) is 2.98. The first-order valence-corrected chi connectivity index (χ1v) is 11.1. The second-order valence-electron chi connectivity index (χ2n) is 8.93. The van der Waals surface area contributed by atoms with E-state index in [1.54, 1.807) is 11.6 Å². The number of rotatable bonds is 6. The molecule has 0 bridgehead atoms. The number of fused-ring (bicyclic) bond motifs is 1. The highest BCUT2D eigenvalue weighted by atomic mass is 16.4. The summed E-state index contributed by atoms with van der Waals surface area (Å²) < 4.78 is 3.10. The first kappa shape index (κ1) is 21.3. The molecule has 2 amide bonds. The van der Waals surface area contributed by atoms with Gasteiger partial charge < -0.3 is 5.11 Å². The van der Waals surface area contributed by atoms with Gasteiger partial charge in [0.15, 0.2) is 0 Å². The normalized spacial score (nSPS) is 24.4. The third kappa shape index (κ3) is 4.29. The van der Waals surface area contributed by atoms with Gasteiger partial charge in [-0.25, -0.2) is 4.79 Å². The molecule has 1 atom stereocenters. The quantitative estimate of drug-likeness (QED) is 0.689. The van der Waals surface area contributed by atoms with Crippen LogP contribution in [0.4, 0.5) is 0 Å². The molecule has 0 spiro atoms. The van der Waals surface area contributed by atoms with E-state index in [9.17, 15) is 19.2 Å². The van der Waals surface area contributed by atoms with Crippen molar-refractivity contribution in [3.8, 4) is 0 Å². The molecule has 2 fully saturated rings. The molecule has 1 aliphatic heterocycles. The van der Waals surface area contributed by atoms with E-state index >= 15 is 0 Å². The molecule has 4 rings (SSSR count). The molecular weight excluding hydrogens is 398 g/mol. The first-order chi connectivity index (χ1) is 14.8. The minimum absolute atomic E-state index is 0.229. The van der Waals surface area contributed by atoms with Crippen molar-refractivity contribution < 1.29 is 19.5 Å². The van der Waals surface area contributed by atoms with E-state index in [1.165, 1.54) is 10.1 Å². The summed E-state index contributed by atoms with van der Waals surface area (Å²) in [5.41, 5.74) is 2.47. The number of hydrogen-bond acceptors (Lipinski definition) is 4. The van der Waals surface area contributed by atoms with Crippen LogP contribution in [-0.2, 0) is 21.4 Å². The van der Waals surface area contributed by atoms with Crippen LogP contribution in [0, 0.1) is 5.92 Å². The number of carbonyl (C=O) groups is 3. The number of carbonyl (C=O) groups excluding carboxylic acids is 2. The topological polar surface area (TPSA) is 110 Å². The van der Waals surface area contributed by atoms with Gasteiger partial charge in [0, 0.05) is 19.9 Å². The summed E-state index contributed by atoms with van der Waals surface area (Å²) >= 11 is 0. The van der Waals surface area contributed by atoms with Crippen molar-refractivity contribution in [2.24, 2.45) is 13.0 Å². The maximum atomic E-state index is 12.9. The predicted octanol–water partition coefficient (Wildman–Crippen LogP) is 2.85. The van der Waals surface area contributed by atoms with Crippen LogP contribution in [0.5, 0.6) is 0 Å². The van der Waals surface area contributed by atoms with Crippen LogP contribution in [0.2, 0.25) is 0 Å².